The highest BCUT2D eigenvalue weighted by molar-refractivity contribution is 14.0. The van der Waals surface area contributed by atoms with Crippen LogP contribution < -0.4 is 19.5 Å². The number of hydrogen-bond acceptors (Lipinski definition) is 5. The zero-order valence-electron chi connectivity index (χ0n) is 18.1. The largest absolute Gasteiger partial charge is 0.493 e. The Bertz CT molecular complexity index is 823. The van der Waals surface area contributed by atoms with Crippen LogP contribution in [0.3, 0.4) is 0 Å². The predicted molar refractivity (Wildman–Crippen MR) is 130 cm³/mol. The first-order valence-corrected chi connectivity index (χ1v) is 9.86. The molecule has 0 amide bonds. The van der Waals surface area contributed by atoms with E-state index in [9.17, 15) is 4.39 Å². The van der Waals surface area contributed by atoms with Crippen molar-refractivity contribution in [1.82, 2.24) is 10.2 Å². The van der Waals surface area contributed by atoms with E-state index in [2.05, 4.69) is 10.3 Å². The second kappa shape index (κ2) is 14.7. The van der Waals surface area contributed by atoms with E-state index in [1.807, 2.05) is 31.0 Å². The molecule has 7 nitrogen and oxygen atoms in total. The second-order valence-electron chi connectivity index (χ2n) is 6.43. The third-order valence-electron chi connectivity index (χ3n) is 4.21. The third-order valence-corrected chi connectivity index (χ3v) is 4.21. The summed E-state index contributed by atoms with van der Waals surface area (Å²) in [5.41, 5.74) is 0.953. The molecule has 0 fully saturated rings. The molecule has 31 heavy (non-hydrogen) atoms. The number of guanidine groups is 1. The highest BCUT2D eigenvalue weighted by Crippen LogP contribution is 2.28. The van der Waals surface area contributed by atoms with Crippen molar-refractivity contribution in [3.05, 3.63) is 53.8 Å². The van der Waals surface area contributed by atoms with Crippen molar-refractivity contribution in [2.75, 3.05) is 47.1 Å². The fourth-order valence-corrected chi connectivity index (χ4v) is 2.68. The molecule has 9 heteroatoms. The first-order chi connectivity index (χ1) is 14.6. The van der Waals surface area contributed by atoms with Crippen LogP contribution >= 0.6 is 24.0 Å². The van der Waals surface area contributed by atoms with Crippen LogP contribution in [-0.4, -0.2) is 63.0 Å². The minimum absolute atomic E-state index is 0. The molecule has 0 radical (unpaired) electrons. The summed E-state index contributed by atoms with van der Waals surface area (Å²) in [4.78, 5) is 6.59. The maximum absolute atomic E-state index is 13.7. The van der Waals surface area contributed by atoms with Gasteiger partial charge in [0.1, 0.15) is 13.2 Å². The lowest BCUT2D eigenvalue weighted by Crippen LogP contribution is -2.40. The average molecular weight is 547 g/mol. The molecule has 0 heterocycles. The lowest BCUT2D eigenvalue weighted by Gasteiger charge is -2.22. The lowest BCUT2D eigenvalue weighted by atomic mass is 10.2. The maximum atomic E-state index is 13.7. The van der Waals surface area contributed by atoms with Crippen molar-refractivity contribution in [1.29, 1.82) is 0 Å². The fourth-order valence-electron chi connectivity index (χ4n) is 2.68. The number of hydrogen-bond donors (Lipinski definition) is 2. The van der Waals surface area contributed by atoms with E-state index in [4.69, 9.17) is 19.3 Å². The number of aliphatic imine (C=N–C) groups is 1. The average Bonchev–Trinajstić information content (AvgIpc) is 2.76. The molecule has 0 saturated carbocycles. The van der Waals surface area contributed by atoms with Crippen LogP contribution in [-0.2, 0) is 6.54 Å². The standard InChI is InChI=1S/C22H30FN3O4.HI/c1-4-24-22(26(2)11-13-29-19-8-6-5-7-18(19)23)25-16-17-9-10-20(30-14-12-27)21(15-17)28-3;/h5-10,15,27H,4,11-14,16H2,1-3H3,(H,24,25);1H. The van der Waals surface area contributed by atoms with Gasteiger partial charge < -0.3 is 29.5 Å². The highest BCUT2D eigenvalue weighted by Gasteiger charge is 2.09. The normalized spacial score (nSPS) is 10.8. The number of rotatable bonds is 11. The SMILES string of the molecule is CCNC(=NCc1ccc(OCCO)c(OC)c1)N(C)CCOc1ccccc1F.I. The van der Waals surface area contributed by atoms with Gasteiger partial charge in [-0.1, -0.05) is 18.2 Å². The van der Waals surface area contributed by atoms with Crippen molar-refractivity contribution < 1.29 is 23.7 Å². The number of methoxy groups -OCH3 is 1. The number of aliphatic hydroxyl groups excluding tert-OH is 1. The summed E-state index contributed by atoms with van der Waals surface area (Å²) in [5, 5.41) is 12.2. The Balaban J connectivity index is 0.00000480. The first-order valence-electron chi connectivity index (χ1n) is 9.86. The second-order valence-corrected chi connectivity index (χ2v) is 6.43. The summed E-state index contributed by atoms with van der Waals surface area (Å²) in [7, 11) is 3.47. The molecular formula is C22H31FIN3O4. The van der Waals surface area contributed by atoms with Crippen LogP contribution in [0.2, 0.25) is 0 Å². The number of nitrogens with zero attached hydrogens (tertiary/aromatic N) is 2. The van der Waals surface area contributed by atoms with Crippen molar-refractivity contribution >= 4 is 29.9 Å². The molecule has 172 valence electrons. The molecule has 0 atom stereocenters. The van der Waals surface area contributed by atoms with Crippen molar-refractivity contribution in [3.8, 4) is 17.2 Å². The van der Waals surface area contributed by atoms with Crippen molar-refractivity contribution in [2.45, 2.75) is 13.5 Å². The molecule has 0 aliphatic heterocycles. The Kier molecular flexibility index (Phi) is 12.7. The smallest absolute Gasteiger partial charge is 0.194 e. The lowest BCUT2D eigenvalue weighted by molar-refractivity contribution is 0.196. The van der Waals surface area contributed by atoms with Gasteiger partial charge in [0.15, 0.2) is 29.0 Å². The van der Waals surface area contributed by atoms with Gasteiger partial charge in [0.25, 0.3) is 0 Å². The van der Waals surface area contributed by atoms with Crippen LogP contribution in [0.4, 0.5) is 4.39 Å². The molecular weight excluding hydrogens is 516 g/mol. The van der Waals surface area contributed by atoms with Crippen LogP contribution in [0, 0.1) is 5.82 Å². The van der Waals surface area contributed by atoms with Gasteiger partial charge in [-0.15, -0.1) is 24.0 Å². The van der Waals surface area contributed by atoms with Crippen LogP contribution in [0.5, 0.6) is 17.2 Å². The van der Waals surface area contributed by atoms with Gasteiger partial charge in [-0.25, -0.2) is 9.38 Å². The molecule has 2 aromatic carbocycles. The van der Waals surface area contributed by atoms with E-state index in [1.54, 1.807) is 31.4 Å². The molecule has 0 bridgehead atoms. The van der Waals surface area contributed by atoms with Gasteiger partial charge in [-0.05, 0) is 36.8 Å². The van der Waals surface area contributed by atoms with Crippen LogP contribution in [0.15, 0.2) is 47.5 Å². The number of benzene rings is 2. The number of aliphatic hydroxyl groups is 1. The van der Waals surface area contributed by atoms with Gasteiger partial charge >= 0.3 is 0 Å². The van der Waals surface area contributed by atoms with Gasteiger partial charge in [-0.3, -0.25) is 0 Å². The Morgan fingerprint density at radius 2 is 1.84 bits per heavy atom. The van der Waals surface area contributed by atoms with E-state index in [-0.39, 0.29) is 48.8 Å². The van der Waals surface area contributed by atoms with Gasteiger partial charge in [0.2, 0.25) is 0 Å². The molecule has 2 rings (SSSR count). The Morgan fingerprint density at radius 3 is 2.52 bits per heavy atom. The fraction of sp³-hybridized carbons (Fsp3) is 0.409. The Morgan fingerprint density at radius 1 is 1.10 bits per heavy atom. The van der Waals surface area contributed by atoms with Crippen molar-refractivity contribution in [3.63, 3.8) is 0 Å². The van der Waals surface area contributed by atoms with Gasteiger partial charge in [0, 0.05) is 13.6 Å². The van der Waals surface area contributed by atoms with Crippen LogP contribution in [0.25, 0.3) is 0 Å². The van der Waals surface area contributed by atoms with E-state index >= 15 is 0 Å². The first kappa shape index (κ1) is 26.8. The summed E-state index contributed by atoms with van der Waals surface area (Å²) in [6, 6.07) is 11.9. The van der Waals surface area contributed by atoms with Crippen LogP contribution in [0.1, 0.15) is 12.5 Å². The molecule has 0 spiro atoms. The maximum Gasteiger partial charge on any atom is 0.194 e. The molecule has 2 N–H and O–H groups in total. The zero-order chi connectivity index (χ0) is 21.8. The highest BCUT2D eigenvalue weighted by atomic mass is 127. The third kappa shape index (κ3) is 8.78. The van der Waals surface area contributed by atoms with E-state index in [1.165, 1.54) is 6.07 Å². The number of nitrogens with one attached hydrogen (secondary N) is 1. The topological polar surface area (TPSA) is 75.6 Å². The molecule has 0 unspecified atom stereocenters. The molecule has 0 aliphatic carbocycles. The van der Waals surface area contributed by atoms with E-state index in [0.29, 0.717) is 43.7 Å². The molecule has 0 aromatic heterocycles. The minimum Gasteiger partial charge on any atom is -0.493 e. The Labute approximate surface area is 200 Å². The summed E-state index contributed by atoms with van der Waals surface area (Å²) in [6.07, 6.45) is 0. The Hall–Kier alpha value is -2.27. The van der Waals surface area contributed by atoms with E-state index < -0.39 is 0 Å². The van der Waals surface area contributed by atoms with Crippen molar-refractivity contribution in [2.24, 2.45) is 4.99 Å². The number of halogens is 2. The molecule has 0 saturated heterocycles. The number of ether oxygens (including phenoxy) is 3. The summed E-state index contributed by atoms with van der Waals surface area (Å²) >= 11 is 0. The molecule has 2 aromatic rings. The monoisotopic (exact) mass is 547 g/mol. The predicted octanol–water partition coefficient (Wildman–Crippen LogP) is 3.30. The summed E-state index contributed by atoms with van der Waals surface area (Å²) < 4.78 is 30.0. The number of likely N-dealkylation sites (N-methyl/N-ethyl adjacent to an activating group) is 1. The zero-order valence-corrected chi connectivity index (χ0v) is 20.5. The van der Waals surface area contributed by atoms with Gasteiger partial charge in [-0.2, -0.15) is 0 Å². The quantitative estimate of drug-likeness (QED) is 0.256. The number of para-hydroxylation sites is 1. The summed E-state index contributed by atoms with van der Waals surface area (Å²) in [5.74, 6) is 1.75. The summed E-state index contributed by atoms with van der Waals surface area (Å²) in [6.45, 7) is 4.16. The van der Waals surface area contributed by atoms with Gasteiger partial charge in [0.05, 0.1) is 26.8 Å². The van der Waals surface area contributed by atoms with E-state index in [0.717, 1.165) is 5.56 Å². The molecule has 0 aliphatic rings. The minimum atomic E-state index is -0.374.